The van der Waals surface area contributed by atoms with Gasteiger partial charge in [0.25, 0.3) is 0 Å². The van der Waals surface area contributed by atoms with E-state index >= 15 is 0 Å². The van der Waals surface area contributed by atoms with Crippen molar-refractivity contribution >= 4 is 43.2 Å². The van der Waals surface area contributed by atoms with Crippen LogP contribution in [-0.2, 0) is 19.6 Å². The molecule has 0 unspecified atom stereocenters. The number of amides is 1. The first-order valence-corrected chi connectivity index (χ1v) is 11.0. The van der Waals surface area contributed by atoms with Crippen LogP contribution in [0.3, 0.4) is 0 Å². The van der Waals surface area contributed by atoms with Gasteiger partial charge in [-0.25, -0.2) is 8.42 Å². The van der Waals surface area contributed by atoms with Gasteiger partial charge in [-0.15, -0.1) is 0 Å². The number of hydrogen-bond donors (Lipinski definition) is 1. The Kier molecular flexibility index (Phi) is 6.71. The maximum absolute atomic E-state index is 12.7. The maximum atomic E-state index is 12.7. The Morgan fingerprint density at radius 3 is 2.43 bits per heavy atom. The lowest BCUT2D eigenvalue weighted by Gasteiger charge is -2.28. The molecule has 1 fully saturated rings. The fourth-order valence-electron chi connectivity index (χ4n) is 2.89. The smallest absolute Gasteiger partial charge is 0.244 e. The maximum Gasteiger partial charge on any atom is 0.244 e. The van der Waals surface area contributed by atoms with E-state index in [4.69, 9.17) is 4.74 Å². The van der Waals surface area contributed by atoms with Crippen LogP contribution in [0.15, 0.2) is 57.9 Å². The molecular weight excluding hydrogens is 446 g/mol. The van der Waals surface area contributed by atoms with E-state index in [1.165, 1.54) is 13.1 Å². The molecule has 28 heavy (non-hydrogen) atoms. The highest BCUT2D eigenvalue weighted by Crippen LogP contribution is 2.24. The van der Waals surface area contributed by atoms with Crippen LogP contribution >= 0.6 is 15.9 Å². The molecule has 0 saturated carbocycles. The van der Waals surface area contributed by atoms with Gasteiger partial charge in [-0.2, -0.15) is 4.31 Å². The third-order valence-electron chi connectivity index (χ3n) is 4.42. The van der Waals surface area contributed by atoms with E-state index in [1.807, 2.05) is 24.3 Å². The van der Waals surface area contributed by atoms with Crippen molar-refractivity contribution in [2.24, 2.45) is 0 Å². The molecule has 1 saturated heterocycles. The molecule has 1 aliphatic heterocycles. The molecule has 1 amide bonds. The van der Waals surface area contributed by atoms with Crippen molar-refractivity contribution < 1.29 is 17.9 Å². The summed E-state index contributed by atoms with van der Waals surface area (Å²) in [6, 6.07) is 14.0. The van der Waals surface area contributed by atoms with E-state index in [2.05, 4.69) is 26.1 Å². The van der Waals surface area contributed by atoms with Gasteiger partial charge >= 0.3 is 0 Å². The summed E-state index contributed by atoms with van der Waals surface area (Å²) in [6.45, 7) is 2.80. The first kappa shape index (κ1) is 20.8. The Morgan fingerprint density at radius 1 is 1.14 bits per heavy atom. The van der Waals surface area contributed by atoms with Gasteiger partial charge in [-0.1, -0.05) is 12.1 Å². The summed E-state index contributed by atoms with van der Waals surface area (Å²) in [7, 11) is -2.39. The Bertz CT molecular complexity index is 928. The topological polar surface area (TPSA) is 79.0 Å². The molecule has 2 aromatic carbocycles. The van der Waals surface area contributed by atoms with Crippen molar-refractivity contribution in [1.29, 1.82) is 0 Å². The van der Waals surface area contributed by atoms with Gasteiger partial charge in [0.15, 0.2) is 0 Å². The first-order chi connectivity index (χ1) is 13.4. The standard InChI is InChI=1S/C19H22BrN3O4S/c1-22(28(25,26)18-5-3-2-4-17(18)20)14-19(24)21-15-6-8-16(9-7-15)23-10-12-27-13-11-23/h2-9H,10-14H2,1H3,(H,21,24). The average Bonchev–Trinajstić information content (AvgIpc) is 2.69. The lowest BCUT2D eigenvalue weighted by Crippen LogP contribution is -2.36. The predicted molar refractivity (Wildman–Crippen MR) is 112 cm³/mol. The first-order valence-electron chi connectivity index (χ1n) is 8.81. The number of likely N-dealkylation sites (N-methyl/N-ethyl adjacent to an activating group) is 1. The molecule has 0 spiro atoms. The number of ether oxygens (including phenoxy) is 1. The largest absolute Gasteiger partial charge is 0.378 e. The minimum Gasteiger partial charge on any atom is -0.378 e. The molecule has 2 aromatic rings. The summed E-state index contributed by atoms with van der Waals surface area (Å²) >= 11 is 3.24. The molecule has 0 atom stereocenters. The highest BCUT2D eigenvalue weighted by atomic mass is 79.9. The highest BCUT2D eigenvalue weighted by molar-refractivity contribution is 9.10. The van der Waals surface area contributed by atoms with E-state index in [0.717, 1.165) is 23.1 Å². The third-order valence-corrected chi connectivity index (χ3v) is 7.23. The normalized spacial score (nSPS) is 14.9. The van der Waals surface area contributed by atoms with Gasteiger partial charge in [-0.05, 0) is 52.3 Å². The Balaban J connectivity index is 1.61. The summed E-state index contributed by atoms with van der Waals surface area (Å²) in [4.78, 5) is 14.7. The average molecular weight is 468 g/mol. The lowest BCUT2D eigenvalue weighted by atomic mass is 10.2. The molecule has 0 aliphatic carbocycles. The summed E-state index contributed by atoms with van der Waals surface area (Å²) in [5.41, 5.74) is 1.68. The fraction of sp³-hybridized carbons (Fsp3) is 0.316. The van der Waals surface area contributed by atoms with Crippen LogP contribution in [-0.4, -0.2) is 58.5 Å². The number of rotatable bonds is 6. The number of anilines is 2. The summed E-state index contributed by atoms with van der Waals surface area (Å²) in [6.07, 6.45) is 0. The van der Waals surface area contributed by atoms with E-state index in [-0.39, 0.29) is 11.4 Å². The predicted octanol–water partition coefficient (Wildman–Crippen LogP) is 2.54. The number of nitrogens with zero attached hydrogens (tertiary/aromatic N) is 2. The quantitative estimate of drug-likeness (QED) is 0.705. The zero-order chi connectivity index (χ0) is 20.1. The van der Waals surface area contributed by atoms with Crippen LogP contribution in [0.5, 0.6) is 0 Å². The van der Waals surface area contributed by atoms with Crippen LogP contribution in [0.25, 0.3) is 0 Å². The second-order valence-electron chi connectivity index (χ2n) is 6.39. The van der Waals surface area contributed by atoms with Gasteiger partial charge < -0.3 is 15.0 Å². The van der Waals surface area contributed by atoms with Crippen molar-refractivity contribution in [2.75, 3.05) is 50.1 Å². The molecule has 0 aromatic heterocycles. The van der Waals surface area contributed by atoms with Crippen molar-refractivity contribution in [3.05, 3.63) is 53.0 Å². The SMILES string of the molecule is CN(CC(=O)Nc1ccc(N2CCOCC2)cc1)S(=O)(=O)c1ccccc1Br. The number of carbonyl (C=O) groups is 1. The van der Waals surface area contributed by atoms with E-state index in [0.29, 0.717) is 23.4 Å². The molecule has 1 aliphatic rings. The second-order valence-corrected chi connectivity index (χ2v) is 9.25. The molecule has 7 nitrogen and oxygen atoms in total. The number of sulfonamides is 1. The second kappa shape index (κ2) is 9.04. The number of carbonyl (C=O) groups excluding carboxylic acids is 1. The Hall–Kier alpha value is -1.94. The fourth-order valence-corrected chi connectivity index (χ4v) is 4.97. The summed E-state index contributed by atoms with van der Waals surface area (Å²) < 4.78 is 32.2. The Labute approximate surface area is 173 Å². The van der Waals surface area contributed by atoms with E-state index < -0.39 is 15.9 Å². The van der Waals surface area contributed by atoms with E-state index in [1.54, 1.807) is 18.2 Å². The number of halogens is 1. The van der Waals surface area contributed by atoms with Crippen molar-refractivity contribution in [3.63, 3.8) is 0 Å². The minimum absolute atomic E-state index is 0.125. The van der Waals surface area contributed by atoms with Crippen LogP contribution < -0.4 is 10.2 Å². The van der Waals surface area contributed by atoms with Crippen LogP contribution in [0.2, 0.25) is 0 Å². The Morgan fingerprint density at radius 2 is 1.79 bits per heavy atom. The van der Waals surface area contributed by atoms with Crippen LogP contribution in [0, 0.1) is 0 Å². The molecule has 150 valence electrons. The molecule has 0 radical (unpaired) electrons. The molecule has 1 N–H and O–H groups in total. The number of nitrogens with one attached hydrogen (secondary N) is 1. The number of morpholine rings is 1. The zero-order valence-corrected chi connectivity index (χ0v) is 17.9. The lowest BCUT2D eigenvalue weighted by molar-refractivity contribution is -0.116. The molecule has 0 bridgehead atoms. The zero-order valence-electron chi connectivity index (χ0n) is 15.5. The molecule has 1 heterocycles. The molecule has 9 heteroatoms. The molecular formula is C19H22BrN3O4S. The molecule has 3 rings (SSSR count). The van der Waals surface area contributed by atoms with Gasteiger partial charge in [0.1, 0.15) is 0 Å². The van der Waals surface area contributed by atoms with Gasteiger partial charge in [0.05, 0.1) is 24.7 Å². The number of hydrogen-bond acceptors (Lipinski definition) is 5. The van der Waals surface area contributed by atoms with Gasteiger partial charge in [0, 0.05) is 36.0 Å². The minimum atomic E-state index is -3.77. The van der Waals surface area contributed by atoms with Crippen LogP contribution in [0.4, 0.5) is 11.4 Å². The van der Waals surface area contributed by atoms with Crippen molar-refractivity contribution in [3.8, 4) is 0 Å². The van der Waals surface area contributed by atoms with Gasteiger partial charge in [-0.3, -0.25) is 4.79 Å². The number of benzene rings is 2. The van der Waals surface area contributed by atoms with Crippen LogP contribution in [0.1, 0.15) is 0 Å². The summed E-state index contributed by atoms with van der Waals surface area (Å²) in [5.74, 6) is -0.405. The van der Waals surface area contributed by atoms with E-state index in [9.17, 15) is 13.2 Å². The third kappa shape index (κ3) is 4.91. The highest BCUT2D eigenvalue weighted by Gasteiger charge is 2.25. The summed E-state index contributed by atoms with van der Waals surface area (Å²) in [5, 5.41) is 2.74. The van der Waals surface area contributed by atoms with Crippen molar-refractivity contribution in [2.45, 2.75) is 4.90 Å². The monoisotopic (exact) mass is 467 g/mol. The van der Waals surface area contributed by atoms with Gasteiger partial charge in [0.2, 0.25) is 15.9 Å². The van der Waals surface area contributed by atoms with Crippen molar-refractivity contribution in [1.82, 2.24) is 4.31 Å².